The van der Waals surface area contributed by atoms with Gasteiger partial charge >= 0.3 is 0 Å². The molecule has 1 N–H and O–H groups in total. The fourth-order valence-corrected chi connectivity index (χ4v) is 6.04. The zero-order valence-corrected chi connectivity index (χ0v) is 26.1. The fraction of sp³-hybridized carbons (Fsp3) is 0.310. The van der Waals surface area contributed by atoms with Gasteiger partial charge in [-0.2, -0.15) is 0 Å². The number of rotatable bonds is 13. The molecule has 0 saturated heterocycles. The molecule has 1 atom stereocenters. The Labute approximate surface area is 253 Å². The van der Waals surface area contributed by atoms with Crippen molar-refractivity contribution >= 4 is 49.1 Å². The molecule has 0 heterocycles. The van der Waals surface area contributed by atoms with Gasteiger partial charge in [-0.15, -0.1) is 0 Å². The van der Waals surface area contributed by atoms with Crippen molar-refractivity contribution < 1.29 is 27.7 Å². The summed E-state index contributed by atoms with van der Waals surface area (Å²) in [5.41, 5.74) is 0.784. The number of hydrogen-bond acceptors (Lipinski definition) is 7. The van der Waals surface area contributed by atoms with E-state index in [-0.39, 0.29) is 34.3 Å². The molecule has 0 radical (unpaired) electrons. The monoisotopic (exact) mass is 660 g/mol. The maximum Gasteiger partial charge on any atom is 0.273 e. The van der Waals surface area contributed by atoms with E-state index in [0.29, 0.717) is 18.7 Å². The molecule has 0 spiro atoms. The molecule has 11 nitrogen and oxygen atoms in total. The highest BCUT2D eigenvalue weighted by atomic mass is 79.9. The van der Waals surface area contributed by atoms with E-state index >= 15 is 0 Å². The quantitative estimate of drug-likeness (QED) is 0.205. The number of aryl methyl sites for hydroxylation is 1. The molecule has 42 heavy (non-hydrogen) atoms. The summed E-state index contributed by atoms with van der Waals surface area (Å²) in [6, 6.07) is 15.9. The van der Waals surface area contributed by atoms with Gasteiger partial charge in [0, 0.05) is 29.2 Å². The number of halogens is 1. The van der Waals surface area contributed by atoms with Crippen molar-refractivity contribution in [1.29, 1.82) is 0 Å². The molecule has 3 rings (SSSR count). The highest BCUT2D eigenvalue weighted by molar-refractivity contribution is 9.10. The number of amides is 2. The van der Waals surface area contributed by atoms with Gasteiger partial charge in [-0.25, -0.2) is 8.42 Å². The number of sulfonamides is 1. The summed E-state index contributed by atoms with van der Waals surface area (Å²) in [5, 5.41) is 14.4. The third-order valence-electron chi connectivity index (χ3n) is 6.56. The SMILES string of the molecule is CCCNC(=O)[C@@H](C)N(Cc1cccc(Br)c1)C(=O)CN(c1ccc(OC)cc1)S(=O)(=O)c1ccc(C)c([N+](=O)[O-])c1. The number of methoxy groups -OCH3 is 1. The molecule has 3 aromatic carbocycles. The van der Waals surface area contributed by atoms with E-state index in [2.05, 4.69) is 21.2 Å². The van der Waals surface area contributed by atoms with Crippen molar-refractivity contribution in [2.24, 2.45) is 0 Å². The van der Waals surface area contributed by atoms with E-state index in [1.165, 1.54) is 43.2 Å². The Morgan fingerprint density at radius 3 is 2.38 bits per heavy atom. The number of nitrogens with one attached hydrogen (secondary N) is 1. The van der Waals surface area contributed by atoms with Crippen molar-refractivity contribution in [3.05, 3.63) is 92.4 Å². The lowest BCUT2D eigenvalue weighted by atomic mass is 10.1. The fourth-order valence-electron chi connectivity index (χ4n) is 4.16. The third-order valence-corrected chi connectivity index (χ3v) is 8.83. The van der Waals surface area contributed by atoms with Gasteiger partial charge in [-0.3, -0.25) is 24.0 Å². The largest absolute Gasteiger partial charge is 0.497 e. The van der Waals surface area contributed by atoms with Crippen LogP contribution in [-0.4, -0.2) is 56.3 Å². The summed E-state index contributed by atoms with van der Waals surface area (Å²) in [4.78, 5) is 38.8. The van der Waals surface area contributed by atoms with E-state index in [0.717, 1.165) is 20.4 Å². The smallest absolute Gasteiger partial charge is 0.273 e. The molecular formula is C29H33BrN4O7S. The van der Waals surface area contributed by atoms with Crippen LogP contribution < -0.4 is 14.4 Å². The van der Waals surface area contributed by atoms with Crippen molar-refractivity contribution in [2.45, 2.75) is 44.7 Å². The summed E-state index contributed by atoms with van der Waals surface area (Å²) in [7, 11) is -3.02. The first-order valence-electron chi connectivity index (χ1n) is 13.1. The van der Waals surface area contributed by atoms with Crippen LogP contribution in [0.15, 0.2) is 76.1 Å². The van der Waals surface area contributed by atoms with E-state index in [9.17, 15) is 28.1 Å². The molecule has 0 saturated carbocycles. The minimum Gasteiger partial charge on any atom is -0.497 e. The van der Waals surface area contributed by atoms with Gasteiger partial charge in [-0.1, -0.05) is 41.1 Å². The number of nitro benzene ring substituents is 1. The minimum atomic E-state index is -4.48. The first kappa shape index (κ1) is 32.5. The average molecular weight is 662 g/mol. The Balaban J connectivity index is 2.08. The Bertz CT molecular complexity index is 1550. The maximum atomic E-state index is 14.0. The van der Waals surface area contributed by atoms with Gasteiger partial charge in [-0.05, 0) is 68.3 Å². The van der Waals surface area contributed by atoms with Gasteiger partial charge < -0.3 is 15.0 Å². The summed E-state index contributed by atoms with van der Waals surface area (Å²) >= 11 is 3.42. The van der Waals surface area contributed by atoms with Crippen molar-refractivity contribution in [3.8, 4) is 5.75 Å². The second kappa shape index (κ2) is 14.3. The number of carbonyl (C=O) groups is 2. The number of nitro groups is 1. The molecule has 3 aromatic rings. The Morgan fingerprint density at radius 1 is 1.10 bits per heavy atom. The second-order valence-corrected chi connectivity index (χ2v) is 12.3. The number of ether oxygens (including phenoxy) is 1. The lowest BCUT2D eigenvalue weighted by Gasteiger charge is -2.32. The zero-order valence-electron chi connectivity index (χ0n) is 23.7. The lowest BCUT2D eigenvalue weighted by Crippen LogP contribution is -2.51. The average Bonchev–Trinajstić information content (AvgIpc) is 2.96. The molecule has 13 heteroatoms. The van der Waals surface area contributed by atoms with Gasteiger partial charge in [0.25, 0.3) is 15.7 Å². The highest BCUT2D eigenvalue weighted by Crippen LogP contribution is 2.29. The number of benzene rings is 3. The van der Waals surface area contributed by atoms with E-state index in [4.69, 9.17) is 4.74 Å². The minimum absolute atomic E-state index is 0.0332. The summed E-state index contributed by atoms with van der Waals surface area (Å²) in [5.74, 6) is -0.561. The van der Waals surface area contributed by atoms with E-state index in [1.54, 1.807) is 37.3 Å². The van der Waals surface area contributed by atoms with Crippen LogP contribution in [0.3, 0.4) is 0 Å². The molecule has 224 valence electrons. The molecule has 2 amide bonds. The number of carbonyl (C=O) groups excluding carboxylic acids is 2. The molecule has 0 fully saturated rings. The Hall–Kier alpha value is -3.97. The molecule has 0 aliphatic heterocycles. The van der Waals surface area contributed by atoms with Gasteiger partial charge in [0.05, 0.1) is 22.6 Å². The molecule has 0 unspecified atom stereocenters. The third kappa shape index (κ3) is 7.85. The Kier molecular flexibility index (Phi) is 11.1. The molecule has 0 aliphatic rings. The first-order valence-corrected chi connectivity index (χ1v) is 15.4. The lowest BCUT2D eigenvalue weighted by molar-refractivity contribution is -0.385. The maximum absolute atomic E-state index is 14.0. The van der Waals surface area contributed by atoms with Gasteiger partial charge in [0.15, 0.2) is 0 Å². The topological polar surface area (TPSA) is 139 Å². The van der Waals surface area contributed by atoms with Gasteiger partial charge in [0.2, 0.25) is 11.8 Å². The van der Waals surface area contributed by atoms with Crippen LogP contribution in [0, 0.1) is 17.0 Å². The predicted molar refractivity (Wildman–Crippen MR) is 163 cm³/mol. The van der Waals surface area contributed by atoms with Crippen LogP contribution in [0.2, 0.25) is 0 Å². The number of anilines is 1. The standard InChI is InChI=1S/C29H33BrN4O7S/c1-5-15-31-29(36)21(3)32(18-22-7-6-8-23(30)16-22)28(35)19-33(24-10-12-25(41-4)13-11-24)42(39,40)26-14-9-20(2)27(17-26)34(37)38/h6-14,16-17,21H,5,15,18-19H2,1-4H3,(H,31,36)/t21-/m1/s1. The Morgan fingerprint density at radius 2 is 1.79 bits per heavy atom. The molecule has 0 aliphatic carbocycles. The van der Waals surface area contributed by atoms with Crippen molar-refractivity contribution in [2.75, 3.05) is 24.5 Å². The van der Waals surface area contributed by atoms with Crippen LogP contribution in [0.5, 0.6) is 5.75 Å². The molecule has 0 bridgehead atoms. The molecular weight excluding hydrogens is 628 g/mol. The van der Waals surface area contributed by atoms with Crippen molar-refractivity contribution in [3.63, 3.8) is 0 Å². The van der Waals surface area contributed by atoms with Crippen LogP contribution in [0.1, 0.15) is 31.4 Å². The predicted octanol–water partition coefficient (Wildman–Crippen LogP) is 4.81. The van der Waals surface area contributed by atoms with Crippen LogP contribution >= 0.6 is 15.9 Å². The number of hydrogen-bond donors (Lipinski definition) is 1. The van der Waals surface area contributed by atoms with Gasteiger partial charge in [0.1, 0.15) is 18.3 Å². The second-order valence-electron chi connectivity index (χ2n) is 9.53. The highest BCUT2D eigenvalue weighted by Gasteiger charge is 2.33. The van der Waals surface area contributed by atoms with Crippen molar-refractivity contribution in [1.82, 2.24) is 10.2 Å². The van der Waals surface area contributed by atoms with E-state index in [1.807, 2.05) is 13.0 Å². The normalized spacial score (nSPS) is 11.8. The van der Waals surface area contributed by atoms with Crippen LogP contribution in [0.25, 0.3) is 0 Å². The summed E-state index contributed by atoms with van der Waals surface area (Å²) in [6.45, 7) is 4.77. The first-order chi connectivity index (χ1) is 19.9. The summed E-state index contributed by atoms with van der Waals surface area (Å²) in [6.07, 6.45) is 0.699. The summed E-state index contributed by atoms with van der Waals surface area (Å²) < 4.78 is 34.8. The number of nitrogens with zero attached hydrogens (tertiary/aromatic N) is 3. The van der Waals surface area contributed by atoms with E-state index < -0.39 is 33.4 Å². The van der Waals surface area contributed by atoms with Crippen LogP contribution in [0.4, 0.5) is 11.4 Å². The molecule has 0 aromatic heterocycles. The van der Waals surface area contributed by atoms with Crippen LogP contribution in [-0.2, 0) is 26.2 Å². The zero-order chi connectivity index (χ0) is 31.0.